The van der Waals surface area contributed by atoms with Gasteiger partial charge in [0.1, 0.15) is 24.3 Å². The number of rotatable bonds is 12. The standard InChI is InChI=1S/C27H38N4O10/c1-27(2,3)41-24(37)20(29-25(38)28-19(23(35)36)10-12-22(33)34)9-11-21(32)30-13-15-31(16-14-30)26(39)40-17-18-7-5-4-6-8-18/h4-8,19-20H,9-17H2,1-3H3,(H,33,34)(H,35,36)(H2,28,29,38). The minimum absolute atomic E-state index is 0.132. The van der Waals surface area contributed by atoms with E-state index in [2.05, 4.69) is 10.6 Å². The molecule has 0 saturated carbocycles. The van der Waals surface area contributed by atoms with E-state index >= 15 is 0 Å². The van der Waals surface area contributed by atoms with E-state index in [1.807, 2.05) is 30.3 Å². The number of hydrogen-bond acceptors (Lipinski definition) is 8. The molecule has 1 saturated heterocycles. The van der Waals surface area contributed by atoms with Gasteiger partial charge in [0.15, 0.2) is 0 Å². The van der Waals surface area contributed by atoms with Crippen molar-refractivity contribution in [3.8, 4) is 0 Å². The molecule has 14 heteroatoms. The van der Waals surface area contributed by atoms with Crippen molar-refractivity contribution in [1.29, 1.82) is 0 Å². The second kappa shape index (κ2) is 15.4. The number of ether oxygens (including phenoxy) is 2. The summed E-state index contributed by atoms with van der Waals surface area (Å²) in [6, 6.07) is 5.45. The van der Waals surface area contributed by atoms with Crippen LogP contribution in [-0.4, -0.2) is 99.8 Å². The van der Waals surface area contributed by atoms with Crippen molar-refractivity contribution in [2.75, 3.05) is 26.2 Å². The van der Waals surface area contributed by atoms with E-state index in [0.29, 0.717) is 0 Å². The molecule has 0 radical (unpaired) electrons. The van der Waals surface area contributed by atoms with Crippen molar-refractivity contribution in [1.82, 2.24) is 20.4 Å². The van der Waals surface area contributed by atoms with Crippen molar-refractivity contribution in [2.24, 2.45) is 0 Å². The Bertz CT molecular complexity index is 1080. The number of nitrogens with zero attached hydrogens (tertiary/aromatic N) is 2. The highest BCUT2D eigenvalue weighted by Gasteiger charge is 2.31. The SMILES string of the molecule is CC(C)(C)OC(=O)C(CCC(=O)N1CCN(C(=O)OCc2ccccc2)CC1)NC(=O)NC(CCC(=O)O)C(=O)O. The number of urea groups is 1. The molecule has 1 heterocycles. The summed E-state index contributed by atoms with van der Waals surface area (Å²) < 4.78 is 10.7. The number of carbonyl (C=O) groups is 6. The van der Waals surface area contributed by atoms with Crippen LogP contribution in [0.15, 0.2) is 30.3 Å². The van der Waals surface area contributed by atoms with E-state index < -0.39 is 54.1 Å². The average molecular weight is 579 g/mol. The van der Waals surface area contributed by atoms with E-state index in [1.165, 1.54) is 4.90 Å². The molecule has 226 valence electrons. The maximum Gasteiger partial charge on any atom is 0.410 e. The van der Waals surface area contributed by atoms with Gasteiger partial charge >= 0.3 is 30.0 Å². The zero-order chi connectivity index (χ0) is 30.6. The number of aliphatic carboxylic acids is 2. The molecule has 14 nitrogen and oxygen atoms in total. The number of carbonyl (C=O) groups excluding carboxylic acids is 4. The van der Waals surface area contributed by atoms with E-state index in [-0.39, 0.29) is 58.0 Å². The quantitative estimate of drug-likeness (QED) is 0.265. The van der Waals surface area contributed by atoms with Crippen LogP contribution in [0.5, 0.6) is 0 Å². The molecule has 41 heavy (non-hydrogen) atoms. The molecule has 1 aromatic rings. The third-order valence-electron chi connectivity index (χ3n) is 5.99. The minimum atomic E-state index is -1.50. The van der Waals surface area contributed by atoms with Crippen LogP contribution >= 0.6 is 0 Å². The topological polar surface area (TPSA) is 192 Å². The summed E-state index contributed by atoms with van der Waals surface area (Å²) in [5.41, 5.74) is -0.0381. The molecule has 1 aliphatic rings. The second-order valence-electron chi connectivity index (χ2n) is 10.5. The Morgan fingerprint density at radius 3 is 1.98 bits per heavy atom. The van der Waals surface area contributed by atoms with Gasteiger partial charge in [0.2, 0.25) is 5.91 Å². The van der Waals surface area contributed by atoms with Gasteiger partial charge in [0.25, 0.3) is 0 Å². The van der Waals surface area contributed by atoms with Crippen LogP contribution < -0.4 is 10.6 Å². The van der Waals surface area contributed by atoms with Crippen LogP contribution in [-0.2, 0) is 35.3 Å². The Hall–Kier alpha value is -4.36. The van der Waals surface area contributed by atoms with Gasteiger partial charge in [-0.2, -0.15) is 0 Å². The Kier molecular flexibility index (Phi) is 12.4. The largest absolute Gasteiger partial charge is 0.481 e. The van der Waals surface area contributed by atoms with E-state index in [4.69, 9.17) is 14.6 Å². The fourth-order valence-corrected chi connectivity index (χ4v) is 3.88. The van der Waals surface area contributed by atoms with Crippen molar-refractivity contribution in [3.05, 3.63) is 35.9 Å². The highest BCUT2D eigenvalue weighted by atomic mass is 16.6. The second-order valence-corrected chi connectivity index (χ2v) is 10.5. The molecule has 2 unspecified atom stereocenters. The molecular weight excluding hydrogens is 540 g/mol. The van der Waals surface area contributed by atoms with Gasteiger partial charge in [0, 0.05) is 39.0 Å². The number of carboxylic acids is 2. The zero-order valence-corrected chi connectivity index (χ0v) is 23.5. The summed E-state index contributed by atoms with van der Waals surface area (Å²) in [4.78, 5) is 75.7. The van der Waals surface area contributed by atoms with Gasteiger partial charge in [-0.1, -0.05) is 30.3 Å². The van der Waals surface area contributed by atoms with Crippen LogP contribution in [0.3, 0.4) is 0 Å². The summed E-state index contributed by atoms with van der Waals surface area (Å²) >= 11 is 0. The van der Waals surface area contributed by atoms with Crippen LogP contribution in [0.1, 0.15) is 52.0 Å². The lowest BCUT2D eigenvalue weighted by Gasteiger charge is -2.34. The number of piperazine rings is 1. The van der Waals surface area contributed by atoms with Crippen molar-refractivity contribution >= 4 is 35.9 Å². The summed E-state index contributed by atoms with van der Waals surface area (Å²) in [5, 5.41) is 22.6. The predicted molar refractivity (Wildman–Crippen MR) is 144 cm³/mol. The normalized spacial score (nSPS) is 14.8. The first-order valence-corrected chi connectivity index (χ1v) is 13.2. The molecule has 4 N–H and O–H groups in total. The fraction of sp³-hybridized carbons (Fsp3) is 0.556. The lowest BCUT2D eigenvalue weighted by molar-refractivity contribution is -0.157. The third-order valence-corrected chi connectivity index (χ3v) is 5.99. The van der Waals surface area contributed by atoms with E-state index in [0.717, 1.165) is 5.56 Å². The number of nitrogens with one attached hydrogen (secondary N) is 2. The zero-order valence-electron chi connectivity index (χ0n) is 23.5. The lowest BCUT2D eigenvalue weighted by atomic mass is 10.1. The lowest BCUT2D eigenvalue weighted by Crippen LogP contribution is -2.53. The number of benzene rings is 1. The summed E-state index contributed by atoms with van der Waals surface area (Å²) in [6.07, 6.45) is -1.60. The third kappa shape index (κ3) is 12.1. The van der Waals surface area contributed by atoms with Gasteiger partial charge in [-0.25, -0.2) is 19.2 Å². The first kappa shape index (κ1) is 32.8. The molecule has 2 rings (SSSR count). The Morgan fingerprint density at radius 2 is 1.41 bits per heavy atom. The highest BCUT2D eigenvalue weighted by Crippen LogP contribution is 2.13. The molecule has 0 bridgehead atoms. The molecule has 1 fully saturated rings. The summed E-state index contributed by atoms with van der Waals surface area (Å²) in [7, 11) is 0. The molecular formula is C27H38N4O10. The number of esters is 1. The molecule has 2 atom stereocenters. The summed E-state index contributed by atoms with van der Waals surface area (Å²) in [5.74, 6) is -3.78. The number of carboxylic acid groups (broad SMARTS) is 2. The van der Waals surface area contributed by atoms with Crippen molar-refractivity contribution < 1.29 is 48.5 Å². The first-order valence-electron chi connectivity index (χ1n) is 13.2. The van der Waals surface area contributed by atoms with Crippen LogP contribution in [0.25, 0.3) is 0 Å². The van der Waals surface area contributed by atoms with E-state index in [9.17, 15) is 33.9 Å². The van der Waals surface area contributed by atoms with Crippen molar-refractivity contribution in [3.63, 3.8) is 0 Å². The maximum absolute atomic E-state index is 12.9. The van der Waals surface area contributed by atoms with Crippen molar-refractivity contribution in [2.45, 2.75) is 70.7 Å². The maximum atomic E-state index is 12.9. The highest BCUT2D eigenvalue weighted by molar-refractivity contribution is 5.87. The monoisotopic (exact) mass is 578 g/mol. The molecule has 0 aliphatic carbocycles. The van der Waals surface area contributed by atoms with Gasteiger partial charge < -0.3 is 40.1 Å². The van der Waals surface area contributed by atoms with Gasteiger partial charge in [-0.05, 0) is 39.2 Å². The fourth-order valence-electron chi connectivity index (χ4n) is 3.88. The summed E-state index contributed by atoms with van der Waals surface area (Å²) in [6.45, 7) is 6.07. The smallest absolute Gasteiger partial charge is 0.410 e. The Morgan fingerprint density at radius 1 is 0.854 bits per heavy atom. The van der Waals surface area contributed by atoms with Gasteiger partial charge in [-0.15, -0.1) is 0 Å². The molecule has 0 aromatic heterocycles. The van der Waals surface area contributed by atoms with Crippen LogP contribution in [0.4, 0.5) is 9.59 Å². The minimum Gasteiger partial charge on any atom is -0.481 e. The first-order chi connectivity index (χ1) is 19.2. The van der Waals surface area contributed by atoms with Gasteiger partial charge in [0.05, 0.1) is 0 Å². The number of hydrogen-bond donors (Lipinski definition) is 4. The predicted octanol–water partition coefficient (Wildman–Crippen LogP) is 1.58. The van der Waals surface area contributed by atoms with E-state index in [1.54, 1.807) is 25.7 Å². The Balaban J connectivity index is 1.90. The van der Waals surface area contributed by atoms with Crippen LogP contribution in [0, 0.1) is 0 Å². The van der Waals surface area contributed by atoms with Crippen LogP contribution in [0.2, 0.25) is 0 Å². The van der Waals surface area contributed by atoms with Gasteiger partial charge in [-0.3, -0.25) is 9.59 Å². The number of amides is 4. The average Bonchev–Trinajstić information content (AvgIpc) is 2.91. The molecule has 1 aromatic carbocycles. The molecule has 4 amide bonds. The Labute approximate surface area is 237 Å². The molecule has 0 spiro atoms. The molecule has 1 aliphatic heterocycles.